The van der Waals surface area contributed by atoms with E-state index in [1.54, 1.807) is 12.5 Å². The molecule has 5 heteroatoms. The van der Waals surface area contributed by atoms with Crippen molar-refractivity contribution in [3.05, 3.63) is 18.6 Å². The topological polar surface area (TPSA) is 78.9 Å². The molecule has 5 nitrogen and oxygen atoms in total. The Balaban J connectivity index is 2.03. The largest absolute Gasteiger partial charge is 0.388 e. The van der Waals surface area contributed by atoms with Crippen molar-refractivity contribution in [1.82, 2.24) is 9.97 Å². The Morgan fingerprint density at radius 1 is 1.60 bits per heavy atom. The molecule has 0 unspecified atom stereocenters. The zero-order chi connectivity index (χ0) is 10.7. The van der Waals surface area contributed by atoms with Gasteiger partial charge in [0.05, 0.1) is 5.84 Å². The highest BCUT2D eigenvalue weighted by atomic mass is 15.2. The van der Waals surface area contributed by atoms with E-state index in [1.807, 2.05) is 6.07 Å². The van der Waals surface area contributed by atoms with Crippen LogP contribution in [0.1, 0.15) is 19.3 Å². The van der Waals surface area contributed by atoms with Crippen LogP contribution >= 0.6 is 0 Å². The second-order valence-corrected chi connectivity index (χ2v) is 3.77. The molecule has 0 bridgehead atoms. The van der Waals surface area contributed by atoms with Gasteiger partial charge in [0.1, 0.15) is 12.1 Å². The second-order valence-electron chi connectivity index (χ2n) is 3.77. The number of rotatable bonds is 5. The molecule has 0 atom stereocenters. The number of hydrogen-bond donors (Lipinski definition) is 2. The van der Waals surface area contributed by atoms with Crippen LogP contribution in [0.15, 0.2) is 18.6 Å². The summed E-state index contributed by atoms with van der Waals surface area (Å²) in [7, 11) is 0. The van der Waals surface area contributed by atoms with E-state index in [4.69, 9.17) is 11.1 Å². The molecule has 1 fully saturated rings. The minimum absolute atomic E-state index is 0.231. The van der Waals surface area contributed by atoms with Gasteiger partial charge in [-0.3, -0.25) is 5.41 Å². The third-order valence-electron chi connectivity index (χ3n) is 2.47. The van der Waals surface area contributed by atoms with Gasteiger partial charge in [-0.1, -0.05) is 0 Å². The molecule has 0 aliphatic heterocycles. The third kappa shape index (κ3) is 2.65. The van der Waals surface area contributed by atoms with E-state index in [0.29, 0.717) is 12.5 Å². The smallest absolute Gasteiger partial charge is 0.132 e. The summed E-state index contributed by atoms with van der Waals surface area (Å²) in [5.41, 5.74) is 5.36. The highest BCUT2D eigenvalue weighted by Crippen LogP contribution is 2.30. The summed E-state index contributed by atoms with van der Waals surface area (Å²) < 4.78 is 0. The van der Waals surface area contributed by atoms with Crippen molar-refractivity contribution in [2.75, 3.05) is 11.4 Å². The van der Waals surface area contributed by atoms with Gasteiger partial charge in [0, 0.05) is 25.2 Å². The molecule has 0 aromatic carbocycles. The lowest BCUT2D eigenvalue weighted by Crippen LogP contribution is -2.30. The van der Waals surface area contributed by atoms with E-state index in [1.165, 1.54) is 12.8 Å². The average molecular weight is 205 g/mol. The van der Waals surface area contributed by atoms with Crippen molar-refractivity contribution in [2.45, 2.75) is 25.3 Å². The highest BCUT2D eigenvalue weighted by molar-refractivity contribution is 5.77. The molecule has 15 heavy (non-hydrogen) atoms. The fourth-order valence-electron chi connectivity index (χ4n) is 1.56. The summed E-state index contributed by atoms with van der Waals surface area (Å²) in [4.78, 5) is 10.3. The molecule has 3 N–H and O–H groups in total. The van der Waals surface area contributed by atoms with Crippen LogP contribution in [0, 0.1) is 5.41 Å². The number of aromatic nitrogens is 2. The lowest BCUT2D eigenvalue weighted by Gasteiger charge is -2.22. The molecule has 1 saturated carbocycles. The Kier molecular flexibility index (Phi) is 2.80. The van der Waals surface area contributed by atoms with Crippen LogP contribution < -0.4 is 10.6 Å². The normalized spacial score (nSPS) is 14.9. The number of hydrogen-bond acceptors (Lipinski definition) is 4. The van der Waals surface area contributed by atoms with E-state index in [0.717, 1.165) is 12.4 Å². The van der Waals surface area contributed by atoms with Gasteiger partial charge in [-0.2, -0.15) is 0 Å². The van der Waals surface area contributed by atoms with Crippen LogP contribution in [0.3, 0.4) is 0 Å². The summed E-state index contributed by atoms with van der Waals surface area (Å²) in [5.74, 6) is 1.17. The lowest BCUT2D eigenvalue weighted by atomic mass is 10.3. The molecule has 1 heterocycles. The van der Waals surface area contributed by atoms with Gasteiger partial charge < -0.3 is 10.6 Å². The lowest BCUT2D eigenvalue weighted by molar-refractivity contribution is 0.779. The summed E-state index contributed by atoms with van der Waals surface area (Å²) in [6.45, 7) is 0.775. The van der Waals surface area contributed by atoms with Gasteiger partial charge >= 0.3 is 0 Å². The van der Waals surface area contributed by atoms with Crippen LogP contribution in [-0.4, -0.2) is 28.4 Å². The van der Waals surface area contributed by atoms with E-state index < -0.39 is 0 Å². The molecule has 1 aliphatic carbocycles. The molecule has 0 amide bonds. The highest BCUT2D eigenvalue weighted by Gasteiger charge is 2.29. The zero-order valence-corrected chi connectivity index (χ0v) is 8.56. The minimum Gasteiger partial charge on any atom is -0.388 e. The average Bonchev–Trinajstić information content (AvgIpc) is 3.03. The zero-order valence-electron chi connectivity index (χ0n) is 8.56. The van der Waals surface area contributed by atoms with Crippen molar-refractivity contribution < 1.29 is 0 Å². The Morgan fingerprint density at radius 2 is 2.40 bits per heavy atom. The molecule has 2 rings (SSSR count). The predicted molar refractivity (Wildman–Crippen MR) is 58.9 cm³/mol. The molecular formula is C10H15N5. The maximum Gasteiger partial charge on any atom is 0.132 e. The standard InChI is InChI=1S/C10H15N5/c11-9(12)4-6-15(8-1-2-8)10-3-5-13-7-14-10/h3,5,7-8H,1-2,4,6H2,(H3,11,12). The van der Waals surface area contributed by atoms with E-state index in [-0.39, 0.29) is 5.84 Å². The quantitative estimate of drug-likeness (QED) is 0.549. The third-order valence-corrected chi connectivity index (χ3v) is 2.47. The molecule has 1 aliphatic rings. The first kappa shape index (κ1) is 9.89. The summed E-state index contributed by atoms with van der Waals surface area (Å²) >= 11 is 0. The van der Waals surface area contributed by atoms with Gasteiger partial charge in [0.2, 0.25) is 0 Å². The first-order valence-corrected chi connectivity index (χ1v) is 5.13. The van der Waals surface area contributed by atoms with E-state index in [2.05, 4.69) is 14.9 Å². The second kappa shape index (κ2) is 4.25. The number of nitrogens with zero attached hydrogens (tertiary/aromatic N) is 3. The number of amidine groups is 1. The van der Waals surface area contributed by atoms with Gasteiger partial charge in [0.25, 0.3) is 0 Å². The molecule has 1 aromatic rings. The predicted octanol–water partition coefficient (Wildman–Crippen LogP) is 0.771. The molecule has 0 radical (unpaired) electrons. The molecule has 0 saturated heterocycles. The first-order valence-electron chi connectivity index (χ1n) is 5.13. The molecule has 1 aromatic heterocycles. The number of nitrogens with two attached hydrogens (primary N) is 1. The van der Waals surface area contributed by atoms with Gasteiger partial charge in [-0.05, 0) is 18.9 Å². The summed E-state index contributed by atoms with van der Waals surface area (Å²) in [6.07, 6.45) is 6.31. The van der Waals surface area contributed by atoms with Crippen LogP contribution in [0.4, 0.5) is 5.82 Å². The van der Waals surface area contributed by atoms with Crippen molar-refractivity contribution in [3.63, 3.8) is 0 Å². The maximum absolute atomic E-state index is 7.23. The SMILES string of the molecule is N=C(N)CCN(c1ccncn1)C1CC1. The summed E-state index contributed by atoms with van der Waals surface area (Å²) in [6, 6.07) is 2.48. The Bertz CT molecular complexity index is 333. The number of nitrogens with one attached hydrogen (secondary N) is 1. The maximum atomic E-state index is 7.23. The van der Waals surface area contributed by atoms with E-state index in [9.17, 15) is 0 Å². The van der Waals surface area contributed by atoms with Crippen LogP contribution in [0.5, 0.6) is 0 Å². The van der Waals surface area contributed by atoms with Gasteiger partial charge in [-0.25, -0.2) is 9.97 Å². The van der Waals surface area contributed by atoms with Gasteiger partial charge in [0.15, 0.2) is 0 Å². The Labute approximate surface area is 88.8 Å². The number of anilines is 1. The fourth-order valence-corrected chi connectivity index (χ4v) is 1.56. The molecule has 80 valence electrons. The Morgan fingerprint density at radius 3 is 2.93 bits per heavy atom. The van der Waals surface area contributed by atoms with Crippen LogP contribution in [0.2, 0.25) is 0 Å². The summed E-state index contributed by atoms with van der Waals surface area (Å²) in [5, 5.41) is 7.23. The molecular weight excluding hydrogens is 190 g/mol. The monoisotopic (exact) mass is 205 g/mol. The van der Waals surface area contributed by atoms with Crippen LogP contribution in [0.25, 0.3) is 0 Å². The van der Waals surface area contributed by atoms with E-state index >= 15 is 0 Å². The van der Waals surface area contributed by atoms with Crippen molar-refractivity contribution in [1.29, 1.82) is 5.41 Å². The van der Waals surface area contributed by atoms with Crippen LogP contribution in [-0.2, 0) is 0 Å². The first-order chi connectivity index (χ1) is 7.27. The van der Waals surface area contributed by atoms with Crippen molar-refractivity contribution >= 4 is 11.7 Å². The fraction of sp³-hybridized carbons (Fsp3) is 0.500. The van der Waals surface area contributed by atoms with Crippen molar-refractivity contribution in [2.24, 2.45) is 5.73 Å². The Hall–Kier alpha value is -1.65. The van der Waals surface area contributed by atoms with Crippen molar-refractivity contribution in [3.8, 4) is 0 Å². The molecule has 0 spiro atoms. The minimum atomic E-state index is 0.231. The van der Waals surface area contributed by atoms with Gasteiger partial charge in [-0.15, -0.1) is 0 Å².